The van der Waals surface area contributed by atoms with Crippen molar-refractivity contribution in [2.45, 2.75) is 32.9 Å². The van der Waals surface area contributed by atoms with Gasteiger partial charge < -0.3 is 15.0 Å². The van der Waals surface area contributed by atoms with Crippen molar-refractivity contribution >= 4 is 12.0 Å². The average Bonchev–Trinajstić information content (AvgIpc) is 2.90. The second-order valence-electron chi connectivity index (χ2n) is 7.23. The van der Waals surface area contributed by atoms with Crippen LogP contribution in [-0.2, 0) is 9.53 Å². The zero-order chi connectivity index (χ0) is 20.7. The normalized spacial score (nSPS) is 18.1. The Hall–Kier alpha value is -2.45. The van der Waals surface area contributed by atoms with Crippen molar-refractivity contribution in [1.82, 2.24) is 15.1 Å². The Bertz CT molecular complexity index is 649. The molecule has 2 aliphatic heterocycles. The third-order valence-corrected chi connectivity index (χ3v) is 4.41. The lowest BCUT2D eigenvalue weighted by atomic mass is 9.95. The largest absolute Gasteiger partial charge is 0.439 e. The number of hydrogen-bond donors (Lipinski definition) is 1. The minimum atomic E-state index is -4.57. The third-order valence-electron chi connectivity index (χ3n) is 4.41. The maximum absolute atomic E-state index is 12.2. The monoisotopic (exact) mass is 401 g/mol. The highest BCUT2D eigenvalue weighted by Crippen LogP contribution is 2.23. The molecule has 28 heavy (non-hydrogen) atoms. The van der Waals surface area contributed by atoms with Gasteiger partial charge in [0.1, 0.15) is 0 Å². The fourth-order valence-electron chi connectivity index (χ4n) is 2.90. The first-order chi connectivity index (χ1) is 13.2. The van der Waals surface area contributed by atoms with Crippen molar-refractivity contribution in [2.24, 2.45) is 11.8 Å². The Kier molecular flexibility index (Phi) is 7.53. The Morgan fingerprint density at radius 3 is 2.54 bits per heavy atom. The summed E-state index contributed by atoms with van der Waals surface area (Å²) in [4.78, 5) is 27.0. The van der Waals surface area contributed by atoms with Crippen molar-refractivity contribution in [1.29, 1.82) is 0 Å². The number of hydrogen-bond acceptors (Lipinski definition) is 4. The first-order valence-corrected chi connectivity index (χ1v) is 9.27. The highest BCUT2D eigenvalue weighted by molar-refractivity contribution is 5.78. The van der Waals surface area contributed by atoms with Crippen LogP contribution in [0.5, 0.6) is 0 Å². The van der Waals surface area contributed by atoms with Crippen molar-refractivity contribution in [3.05, 3.63) is 36.3 Å². The molecule has 0 aromatic rings. The number of nitrogens with zero attached hydrogens (tertiary/aromatic N) is 2. The first kappa shape index (κ1) is 21.8. The number of rotatable bonds is 5. The van der Waals surface area contributed by atoms with E-state index in [9.17, 15) is 22.8 Å². The van der Waals surface area contributed by atoms with Gasteiger partial charge in [0.15, 0.2) is 6.61 Å². The van der Waals surface area contributed by atoms with Crippen LogP contribution in [0.15, 0.2) is 36.3 Å². The van der Waals surface area contributed by atoms with Gasteiger partial charge in [0.2, 0.25) is 5.91 Å². The van der Waals surface area contributed by atoms with Gasteiger partial charge in [0.25, 0.3) is 0 Å². The van der Waals surface area contributed by atoms with Gasteiger partial charge in [-0.05, 0) is 37.0 Å². The fourth-order valence-corrected chi connectivity index (χ4v) is 2.90. The lowest BCUT2D eigenvalue weighted by molar-refractivity contribution is -0.161. The molecule has 2 rings (SSSR count). The number of carbonyl (C=O) groups is 2. The molecule has 6 nitrogen and oxygen atoms in total. The molecule has 0 aromatic carbocycles. The van der Waals surface area contributed by atoms with E-state index in [0.29, 0.717) is 25.6 Å². The van der Waals surface area contributed by atoms with Gasteiger partial charge in [-0.25, -0.2) is 4.79 Å². The van der Waals surface area contributed by atoms with E-state index in [1.165, 1.54) is 12.4 Å². The van der Waals surface area contributed by atoms with E-state index in [-0.39, 0.29) is 11.8 Å². The molecule has 2 amide bonds. The first-order valence-electron chi connectivity index (χ1n) is 9.27. The minimum absolute atomic E-state index is 0.0188. The van der Waals surface area contributed by atoms with Crippen LogP contribution in [0.25, 0.3) is 0 Å². The molecule has 0 radical (unpaired) electrons. The number of nitrogens with one attached hydrogen (secondary N) is 1. The summed E-state index contributed by atoms with van der Waals surface area (Å²) in [6.45, 7) is 4.49. The smallest absolute Gasteiger partial charge is 0.422 e. The van der Waals surface area contributed by atoms with Gasteiger partial charge in [-0.15, -0.1) is 0 Å². The zero-order valence-electron chi connectivity index (χ0n) is 16.0. The molecule has 0 atom stereocenters. The summed E-state index contributed by atoms with van der Waals surface area (Å²) in [6, 6.07) is 0. The molecule has 1 saturated heterocycles. The predicted octanol–water partition coefficient (Wildman–Crippen LogP) is 3.40. The van der Waals surface area contributed by atoms with Crippen LogP contribution in [0.4, 0.5) is 18.0 Å². The summed E-state index contributed by atoms with van der Waals surface area (Å²) in [7, 11) is 0. The van der Waals surface area contributed by atoms with Crippen molar-refractivity contribution in [2.75, 3.05) is 26.2 Å². The average molecular weight is 401 g/mol. The van der Waals surface area contributed by atoms with Gasteiger partial charge in [0.05, 0.1) is 0 Å². The maximum atomic E-state index is 12.2. The van der Waals surface area contributed by atoms with Gasteiger partial charge in [-0.3, -0.25) is 9.69 Å². The van der Waals surface area contributed by atoms with Crippen LogP contribution in [0.3, 0.4) is 0 Å². The van der Waals surface area contributed by atoms with E-state index < -0.39 is 18.9 Å². The number of likely N-dealkylation sites (tertiary alicyclic amines) is 1. The van der Waals surface area contributed by atoms with E-state index in [0.717, 1.165) is 23.4 Å². The van der Waals surface area contributed by atoms with E-state index in [1.54, 1.807) is 18.2 Å². The number of piperidine rings is 1. The maximum Gasteiger partial charge on any atom is 0.422 e. The van der Waals surface area contributed by atoms with E-state index >= 15 is 0 Å². The molecule has 0 aromatic heterocycles. The predicted molar refractivity (Wildman–Crippen MR) is 97.7 cm³/mol. The topological polar surface area (TPSA) is 61.9 Å². The number of carbonyl (C=O) groups excluding carboxylic acids is 2. The number of ether oxygens (including phenoxy) is 1. The molecule has 0 spiro atoms. The summed E-state index contributed by atoms with van der Waals surface area (Å²) < 4.78 is 40.7. The van der Waals surface area contributed by atoms with Gasteiger partial charge >= 0.3 is 12.3 Å². The number of halogens is 3. The molecule has 2 heterocycles. The van der Waals surface area contributed by atoms with Gasteiger partial charge in [-0.1, -0.05) is 13.8 Å². The SMILES string of the molecule is CC(C)CNC(=O)C1CCN(C2=CC=CN(C(=O)OCC(F)(F)F)C=C2)CC1. The number of alkyl halides is 3. The third kappa shape index (κ3) is 6.94. The van der Waals surface area contributed by atoms with Crippen molar-refractivity contribution in [3.63, 3.8) is 0 Å². The molecule has 0 aliphatic carbocycles. The highest BCUT2D eigenvalue weighted by Gasteiger charge is 2.30. The highest BCUT2D eigenvalue weighted by atomic mass is 19.4. The Balaban J connectivity index is 1.84. The van der Waals surface area contributed by atoms with Crippen molar-refractivity contribution < 1.29 is 27.5 Å². The summed E-state index contributed by atoms with van der Waals surface area (Å²) in [6.07, 6.45) is 3.48. The summed E-state index contributed by atoms with van der Waals surface area (Å²) >= 11 is 0. The molecular weight excluding hydrogens is 375 g/mol. The standard InChI is InChI=1S/C19H26F3N3O3/c1-14(2)12-23-17(26)15-5-9-24(10-6-15)16-4-3-8-25(11-7-16)18(27)28-13-19(20,21)22/h3-4,7-8,11,14-15H,5-6,9-10,12-13H2,1-2H3,(H,23,26). The molecule has 0 unspecified atom stereocenters. The second-order valence-corrected chi connectivity index (χ2v) is 7.23. The Morgan fingerprint density at radius 1 is 1.25 bits per heavy atom. The molecule has 2 aliphatic rings. The lowest BCUT2D eigenvalue weighted by Crippen LogP contribution is -2.40. The lowest BCUT2D eigenvalue weighted by Gasteiger charge is -2.33. The number of amides is 2. The van der Waals surface area contributed by atoms with Crippen molar-refractivity contribution in [3.8, 4) is 0 Å². The van der Waals surface area contributed by atoms with E-state index in [4.69, 9.17) is 0 Å². The van der Waals surface area contributed by atoms with Crippen LogP contribution in [-0.4, -0.2) is 54.2 Å². The van der Waals surface area contributed by atoms with E-state index in [2.05, 4.69) is 15.0 Å². The second kappa shape index (κ2) is 9.66. The van der Waals surface area contributed by atoms with E-state index in [1.807, 2.05) is 13.8 Å². The fraction of sp³-hybridized carbons (Fsp3) is 0.579. The molecule has 1 N–H and O–H groups in total. The van der Waals surface area contributed by atoms with Crippen LogP contribution in [0.1, 0.15) is 26.7 Å². The molecule has 9 heteroatoms. The van der Waals surface area contributed by atoms with Gasteiger partial charge in [-0.2, -0.15) is 13.2 Å². The Morgan fingerprint density at radius 2 is 1.93 bits per heavy atom. The van der Waals surface area contributed by atoms with Crippen LogP contribution in [0, 0.1) is 11.8 Å². The van der Waals surface area contributed by atoms with Crippen LogP contribution >= 0.6 is 0 Å². The summed E-state index contributed by atoms with van der Waals surface area (Å²) in [5.74, 6) is 0.467. The molecule has 1 fully saturated rings. The van der Waals surface area contributed by atoms with Crippen LogP contribution < -0.4 is 5.32 Å². The molecule has 156 valence electrons. The minimum Gasteiger partial charge on any atom is -0.439 e. The zero-order valence-corrected chi connectivity index (χ0v) is 16.0. The van der Waals surface area contributed by atoms with Gasteiger partial charge in [0, 0.05) is 43.6 Å². The quantitative estimate of drug-likeness (QED) is 0.767. The number of allylic oxidation sites excluding steroid dienone is 3. The molecular formula is C19H26F3N3O3. The summed E-state index contributed by atoms with van der Waals surface area (Å²) in [5.41, 5.74) is 0.823. The molecule has 0 saturated carbocycles. The summed E-state index contributed by atoms with van der Waals surface area (Å²) in [5, 5.41) is 2.96. The molecule has 0 bridgehead atoms. The van der Waals surface area contributed by atoms with Crippen LogP contribution in [0.2, 0.25) is 0 Å². The Labute approximate surface area is 162 Å².